The molecule has 0 spiro atoms. The van der Waals surface area contributed by atoms with Crippen LogP contribution in [-0.4, -0.2) is 115 Å². The minimum absolute atomic E-state index is 0.110. The quantitative estimate of drug-likeness (QED) is 0.351. The summed E-state index contributed by atoms with van der Waals surface area (Å²) in [7, 11) is 0. The van der Waals surface area contributed by atoms with E-state index in [0.717, 1.165) is 93.9 Å². The molecule has 3 aliphatic rings. The number of aliphatic hydroxyl groups excluding tert-OH is 1. The second-order valence-electron chi connectivity index (χ2n) is 11.3. The van der Waals surface area contributed by atoms with Gasteiger partial charge < -0.3 is 25.4 Å². The van der Waals surface area contributed by atoms with Crippen LogP contribution in [0.15, 0.2) is 29.6 Å². The van der Waals surface area contributed by atoms with E-state index in [1.165, 1.54) is 0 Å². The highest BCUT2D eigenvalue weighted by Crippen LogP contribution is 2.31. The van der Waals surface area contributed by atoms with E-state index < -0.39 is 5.54 Å². The molecule has 1 aromatic carbocycles. The summed E-state index contributed by atoms with van der Waals surface area (Å²) in [4.78, 5) is 34.1. The highest BCUT2D eigenvalue weighted by atomic mass is 32.2. The van der Waals surface area contributed by atoms with Crippen molar-refractivity contribution in [2.75, 3.05) is 76.0 Å². The minimum atomic E-state index is -0.948. The summed E-state index contributed by atoms with van der Waals surface area (Å²) in [5, 5.41) is 23.8. The van der Waals surface area contributed by atoms with Crippen molar-refractivity contribution in [2.24, 2.45) is 0 Å². The Morgan fingerprint density at radius 3 is 2.40 bits per heavy atom. The van der Waals surface area contributed by atoms with Gasteiger partial charge in [-0.05, 0) is 43.4 Å². The summed E-state index contributed by atoms with van der Waals surface area (Å²) in [6.45, 7) is 7.27. The fourth-order valence-corrected chi connectivity index (χ4v) is 7.40. The van der Waals surface area contributed by atoms with E-state index in [2.05, 4.69) is 30.9 Å². The summed E-state index contributed by atoms with van der Waals surface area (Å²) in [6.07, 6.45) is 6.72. The van der Waals surface area contributed by atoms with Crippen molar-refractivity contribution < 1.29 is 19.4 Å². The molecule has 3 heterocycles. The monoisotopic (exact) mass is 616 g/mol. The number of rotatable bonds is 11. The zero-order chi connectivity index (χ0) is 29.4. The highest BCUT2D eigenvalue weighted by Gasteiger charge is 2.41. The largest absolute Gasteiger partial charge is 0.394 e. The number of nitrogens with zero attached hydrogens (tertiary/aromatic N) is 4. The van der Waals surface area contributed by atoms with Crippen LogP contribution < -0.4 is 15.5 Å². The smallest absolute Gasteiger partial charge is 0.252 e. The van der Waals surface area contributed by atoms with Gasteiger partial charge >= 0.3 is 0 Å². The van der Waals surface area contributed by atoms with Crippen molar-refractivity contribution in [1.29, 1.82) is 0 Å². The van der Waals surface area contributed by atoms with Gasteiger partial charge in [0.25, 0.3) is 5.91 Å². The number of aromatic nitrogens is 1. The normalized spacial score (nSPS) is 20.7. The predicted octanol–water partition coefficient (Wildman–Crippen LogP) is 2.84. The van der Waals surface area contributed by atoms with E-state index >= 15 is 0 Å². The van der Waals surface area contributed by atoms with Gasteiger partial charge in [0.05, 0.1) is 31.6 Å². The molecule has 1 aromatic heterocycles. The molecule has 3 fully saturated rings. The molecule has 2 amide bonds. The third kappa shape index (κ3) is 7.64. The topological polar surface area (TPSA) is 110 Å². The Morgan fingerprint density at radius 2 is 1.74 bits per heavy atom. The van der Waals surface area contributed by atoms with Crippen LogP contribution in [0.4, 0.5) is 5.13 Å². The average Bonchev–Trinajstić information content (AvgIpc) is 3.54. The number of hydrogen-bond acceptors (Lipinski definition) is 10. The summed E-state index contributed by atoms with van der Waals surface area (Å²) in [5.74, 6) is 0.414. The second-order valence-corrected chi connectivity index (χ2v) is 13.2. The first-order chi connectivity index (χ1) is 20.5. The van der Waals surface area contributed by atoms with Crippen LogP contribution in [0.25, 0.3) is 11.3 Å². The Morgan fingerprint density at radius 1 is 1.05 bits per heavy atom. The molecule has 5 rings (SSSR count). The van der Waals surface area contributed by atoms with E-state index in [-0.39, 0.29) is 24.5 Å². The van der Waals surface area contributed by atoms with Crippen molar-refractivity contribution in [1.82, 2.24) is 25.6 Å². The molecular formula is C30H44N6O4S2. The van der Waals surface area contributed by atoms with Gasteiger partial charge in [-0.3, -0.25) is 9.59 Å². The Balaban J connectivity index is 1.19. The molecule has 0 unspecified atom stereocenters. The van der Waals surface area contributed by atoms with E-state index in [1.54, 1.807) is 23.1 Å². The van der Waals surface area contributed by atoms with Gasteiger partial charge in [0.2, 0.25) is 5.91 Å². The van der Waals surface area contributed by atoms with Crippen molar-refractivity contribution in [3.8, 4) is 11.3 Å². The summed E-state index contributed by atoms with van der Waals surface area (Å²) >= 11 is 3.34. The van der Waals surface area contributed by atoms with Crippen LogP contribution in [0, 0.1) is 0 Å². The number of aliphatic hydroxyl groups is 1. The van der Waals surface area contributed by atoms with Gasteiger partial charge in [-0.25, -0.2) is 15.0 Å². The number of benzene rings is 1. The lowest BCUT2D eigenvalue weighted by Crippen LogP contribution is -2.61. The van der Waals surface area contributed by atoms with Crippen LogP contribution in [-0.2, 0) is 9.53 Å². The summed E-state index contributed by atoms with van der Waals surface area (Å²) in [6, 6.07) is 7.18. The molecule has 3 N–H and O–H groups in total. The van der Waals surface area contributed by atoms with E-state index in [0.29, 0.717) is 24.8 Å². The van der Waals surface area contributed by atoms with Crippen molar-refractivity contribution >= 4 is 40.0 Å². The van der Waals surface area contributed by atoms with Crippen molar-refractivity contribution in [2.45, 2.75) is 50.1 Å². The zero-order valence-electron chi connectivity index (χ0n) is 24.6. The number of piperazine rings is 1. The van der Waals surface area contributed by atoms with Gasteiger partial charge in [0.1, 0.15) is 5.54 Å². The van der Waals surface area contributed by atoms with Crippen LogP contribution in [0.5, 0.6) is 0 Å². The Labute approximate surface area is 257 Å². The molecule has 1 atom stereocenters. The number of thiazole rings is 1. The minimum Gasteiger partial charge on any atom is -0.394 e. The van der Waals surface area contributed by atoms with Crippen LogP contribution in [0.1, 0.15) is 48.9 Å². The second kappa shape index (κ2) is 15.0. The number of ether oxygens (including phenoxy) is 1. The Hall–Kier alpha value is -2.22. The lowest BCUT2D eigenvalue weighted by Gasteiger charge is -2.42. The molecule has 10 nitrogen and oxygen atoms in total. The molecule has 0 radical (unpaired) electrons. The Kier molecular flexibility index (Phi) is 11.1. The van der Waals surface area contributed by atoms with E-state index in [9.17, 15) is 14.7 Å². The van der Waals surface area contributed by atoms with Crippen molar-refractivity contribution in [3.63, 3.8) is 0 Å². The number of hydrazine groups is 1. The predicted molar refractivity (Wildman–Crippen MR) is 169 cm³/mol. The molecule has 2 aliphatic heterocycles. The average molecular weight is 617 g/mol. The maximum atomic E-state index is 13.4. The molecule has 12 heteroatoms. The molecule has 0 bridgehead atoms. The molecule has 2 saturated heterocycles. The van der Waals surface area contributed by atoms with Crippen molar-refractivity contribution in [3.05, 3.63) is 35.2 Å². The standard InChI is InChI=1S/C30H44N6O4S2/c1-41-20-9-25(21-37)31-28(39)30(10-3-2-4-11-30)33-27(38)24-7-5-23(6-8-24)26-22-42-29(32-26)34-12-14-35(15-13-34)36-16-18-40-19-17-36/h5-8,22,25,37H,2-4,9-21H2,1H3,(H,31,39)(H,33,38)/t25-/m0/s1. The fraction of sp³-hybridized carbons (Fsp3) is 0.633. The number of nitrogens with one attached hydrogen (secondary N) is 2. The summed E-state index contributed by atoms with van der Waals surface area (Å²) in [5.41, 5.74) is 1.44. The van der Waals surface area contributed by atoms with Gasteiger partial charge in [-0.1, -0.05) is 31.4 Å². The van der Waals surface area contributed by atoms with Gasteiger partial charge in [-0.2, -0.15) is 11.8 Å². The molecule has 1 saturated carbocycles. The Bertz CT molecular complexity index is 1160. The van der Waals surface area contributed by atoms with Gasteiger partial charge in [-0.15, -0.1) is 11.3 Å². The molecule has 42 heavy (non-hydrogen) atoms. The van der Waals surface area contributed by atoms with Gasteiger partial charge in [0, 0.05) is 55.8 Å². The number of carbonyl (C=O) groups excluding carboxylic acids is 2. The SMILES string of the molecule is CSCC[C@@H](CO)NC(=O)C1(NC(=O)c2ccc(-c3csc(N4CCN(N5CCOCC5)CC4)n3)cc2)CCCCC1. The zero-order valence-corrected chi connectivity index (χ0v) is 26.2. The third-order valence-corrected chi connectivity index (χ3v) is 10.1. The number of amides is 2. The van der Waals surface area contributed by atoms with Crippen LogP contribution in [0.3, 0.4) is 0 Å². The maximum absolute atomic E-state index is 13.4. The number of morpholine rings is 1. The summed E-state index contributed by atoms with van der Waals surface area (Å²) < 4.78 is 5.49. The molecular weight excluding hydrogens is 573 g/mol. The highest BCUT2D eigenvalue weighted by molar-refractivity contribution is 7.98. The van der Waals surface area contributed by atoms with Gasteiger partial charge in [0.15, 0.2) is 5.13 Å². The molecule has 230 valence electrons. The molecule has 1 aliphatic carbocycles. The van der Waals surface area contributed by atoms with E-state index in [4.69, 9.17) is 9.72 Å². The van der Waals surface area contributed by atoms with Crippen LogP contribution in [0.2, 0.25) is 0 Å². The lowest BCUT2D eigenvalue weighted by atomic mass is 9.80. The number of hydrogen-bond donors (Lipinski definition) is 3. The first-order valence-electron chi connectivity index (χ1n) is 15.1. The molecule has 2 aromatic rings. The number of carbonyl (C=O) groups is 2. The third-order valence-electron chi connectivity index (χ3n) is 8.57. The maximum Gasteiger partial charge on any atom is 0.252 e. The first-order valence-corrected chi connectivity index (χ1v) is 17.4. The fourth-order valence-electron chi connectivity index (χ4n) is 5.99. The number of anilines is 1. The first kappa shape index (κ1) is 31.2. The number of thioether (sulfide) groups is 1. The lowest BCUT2D eigenvalue weighted by molar-refractivity contribution is -0.129. The van der Waals surface area contributed by atoms with Crippen LogP contribution >= 0.6 is 23.1 Å². The van der Waals surface area contributed by atoms with E-state index in [1.807, 2.05) is 30.5 Å².